The van der Waals surface area contributed by atoms with Gasteiger partial charge in [-0.25, -0.2) is 0 Å². The molecule has 1 atom stereocenters. The smallest absolute Gasteiger partial charge is 0.119 e. The van der Waals surface area contributed by atoms with Crippen LogP contribution < -0.4 is 4.74 Å². The fourth-order valence-electron chi connectivity index (χ4n) is 0.829. The van der Waals surface area contributed by atoms with Gasteiger partial charge in [0, 0.05) is 6.61 Å². The maximum absolute atomic E-state index is 8.54. The lowest BCUT2D eigenvalue weighted by Gasteiger charge is -2.03. The van der Waals surface area contributed by atoms with Crippen LogP contribution in [0.1, 0.15) is 14.2 Å². The van der Waals surface area contributed by atoms with Gasteiger partial charge in [0.15, 0.2) is 0 Å². The van der Waals surface area contributed by atoms with Crippen LogP contribution >= 0.6 is 0 Å². The summed E-state index contributed by atoms with van der Waals surface area (Å²) < 4.78 is 12.8. The quantitative estimate of drug-likeness (QED) is 0.725. The molecule has 0 aliphatic rings. The van der Waals surface area contributed by atoms with Crippen LogP contribution in [-0.2, 0) is 0 Å². The van der Waals surface area contributed by atoms with Gasteiger partial charge in [0.1, 0.15) is 5.75 Å². The van der Waals surface area contributed by atoms with E-state index in [0.29, 0.717) is 18.6 Å². The molecule has 2 nitrogen and oxygen atoms in total. The van der Waals surface area contributed by atoms with Crippen LogP contribution in [0, 0.1) is 0 Å². The molecule has 0 bridgehead atoms. The summed E-state index contributed by atoms with van der Waals surface area (Å²) in [5.41, 5.74) is 0. The average Bonchev–Trinajstić information content (AvgIpc) is 2.16. The van der Waals surface area contributed by atoms with Gasteiger partial charge in [-0.1, -0.05) is 18.2 Å². The zero-order valence-corrected chi connectivity index (χ0v) is 6.94. The lowest BCUT2D eigenvalue weighted by atomic mass is 10.3. The standard InChI is InChI=1S/C10H14O2/c11-8-4-5-9-12-10-6-2-1-3-7-10/h1-3,6-7,11H,4-5,8-9H2/i9D/t9-/m1/s1. The van der Waals surface area contributed by atoms with E-state index in [1.165, 1.54) is 0 Å². The van der Waals surface area contributed by atoms with E-state index >= 15 is 0 Å². The zero-order valence-electron chi connectivity index (χ0n) is 7.94. The highest BCUT2D eigenvalue weighted by atomic mass is 16.5. The Kier molecular flexibility index (Phi) is 3.56. The molecule has 1 aromatic carbocycles. The third kappa shape index (κ3) is 3.39. The molecule has 1 N–H and O–H groups in total. The fourth-order valence-corrected chi connectivity index (χ4v) is 0.829. The summed E-state index contributed by atoms with van der Waals surface area (Å²) in [5.74, 6) is 0.709. The molecule has 1 rings (SSSR count). The fraction of sp³-hybridized carbons (Fsp3) is 0.400. The van der Waals surface area contributed by atoms with Crippen molar-refractivity contribution in [2.24, 2.45) is 0 Å². The summed E-state index contributed by atoms with van der Waals surface area (Å²) >= 11 is 0. The third-order valence-electron chi connectivity index (χ3n) is 1.44. The van der Waals surface area contributed by atoms with Crippen molar-refractivity contribution in [3.63, 3.8) is 0 Å². The number of rotatable bonds is 5. The Morgan fingerprint density at radius 1 is 1.25 bits per heavy atom. The van der Waals surface area contributed by atoms with Gasteiger partial charge in [-0.2, -0.15) is 0 Å². The average molecular weight is 167 g/mol. The van der Waals surface area contributed by atoms with Crippen molar-refractivity contribution < 1.29 is 11.2 Å². The molecule has 0 fully saturated rings. The molecule has 0 heterocycles. The van der Waals surface area contributed by atoms with Crippen LogP contribution in [0.4, 0.5) is 0 Å². The SMILES string of the molecule is [2H][C@H](CCCO)Oc1ccccc1. The molecule has 0 aliphatic carbocycles. The minimum atomic E-state index is -0.574. The maximum atomic E-state index is 8.54. The first-order valence-corrected chi connectivity index (χ1v) is 4.07. The summed E-state index contributed by atoms with van der Waals surface area (Å²) in [7, 11) is 0. The van der Waals surface area contributed by atoms with E-state index in [1.807, 2.05) is 30.3 Å². The van der Waals surface area contributed by atoms with E-state index in [-0.39, 0.29) is 6.61 Å². The number of aliphatic hydroxyl groups is 1. The van der Waals surface area contributed by atoms with Crippen LogP contribution in [0.2, 0.25) is 0 Å². The molecule has 1 aromatic rings. The molecular formula is C10H14O2. The molecule has 0 spiro atoms. The van der Waals surface area contributed by atoms with Crippen molar-refractivity contribution in [1.29, 1.82) is 0 Å². The van der Waals surface area contributed by atoms with Crippen molar-refractivity contribution in [3.8, 4) is 5.75 Å². The monoisotopic (exact) mass is 167 g/mol. The third-order valence-corrected chi connectivity index (χ3v) is 1.44. The molecule has 0 unspecified atom stereocenters. The molecule has 0 saturated heterocycles. The van der Waals surface area contributed by atoms with Crippen LogP contribution in [0.15, 0.2) is 30.3 Å². The molecule has 66 valence electrons. The first-order chi connectivity index (χ1) is 6.33. The van der Waals surface area contributed by atoms with Gasteiger partial charge in [0.05, 0.1) is 7.95 Å². The van der Waals surface area contributed by atoms with Crippen molar-refractivity contribution >= 4 is 0 Å². The lowest BCUT2D eigenvalue weighted by Crippen LogP contribution is -1.97. The van der Waals surface area contributed by atoms with Crippen molar-refractivity contribution in [2.45, 2.75) is 12.8 Å². The Bertz CT molecular complexity index is 226. The molecule has 0 radical (unpaired) electrons. The van der Waals surface area contributed by atoms with Crippen LogP contribution in [-0.4, -0.2) is 18.3 Å². The van der Waals surface area contributed by atoms with Gasteiger partial charge < -0.3 is 9.84 Å². The van der Waals surface area contributed by atoms with E-state index in [9.17, 15) is 0 Å². The van der Waals surface area contributed by atoms with E-state index in [1.54, 1.807) is 0 Å². The van der Waals surface area contributed by atoms with Gasteiger partial charge in [-0.05, 0) is 25.0 Å². The van der Waals surface area contributed by atoms with Crippen LogP contribution in [0.25, 0.3) is 0 Å². The number of benzene rings is 1. The molecule has 0 saturated carbocycles. The topological polar surface area (TPSA) is 29.5 Å². The van der Waals surface area contributed by atoms with Gasteiger partial charge in [0.2, 0.25) is 0 Å². The van der Waals surface area contributed by atoms with E-state index < -0.39 is 6.58 Å². The molecule has 2 heteroatoms. The number of hydrogen-bond donors (Lipinski definition) is 1. The Hall–Kier alpha value is -1.02. The van der Waals surface area contributed by atoms with Gasteiger partial charge in [-0.15, -0.1) is 0 Å². The van der Waals surface area contributed by atoms with E-state index in [4.69, 9.17) is 11.2 Å². The lowest BCUT2D eigenvalue weighted by molar-refractivity contribution is 0.253. The van der Waals surface area contributed by atoms with Crippen molar-refractivity contribution in [2.75, 3.05) is 13.2 Å². The molecular weight excluding hydrogens is 152 g/mol. The Morgan fingerprint density at radius 2 is 2.00 bits per heavy atom. The number of para-hydroxylation sites is 1. The Labute approximate surface area is 74.2 Å². The maximum Gasteiger partial charge on any atom is 0.119 e. The predicted octanol–water partition coefficient (Wildman–Crippen LogP) is 1.84. The van der Waals surface area contributed by atoms with E-state index in [2.05, 4.69) is 0 Å². The number of aliphatic hydroxyl groups excluding tert-OH is 1. The van der Waals surface area contributed by atoms with Gasteiger partial charge in [-0.3, -0.25) is 0 Å². The van der Waals surface area contributed by atoms with Crippen LogP contribution in [0.5, 0.6) is 5.75 Å². The van der Waals surface area contributed by atoms with Gasteiger partial charge >= 0.3 is 0 Å². The summed E-state index contributed by atoms with van der Waals surface area (Å²) in [5, 5.41) is 8.54. The summed E-state index contributed by atoms with van der Waals surface area (Å²) in [6.45, 7) is -0.456. The highest BCUT2D eigenvalue weighted by molar-refractivity contribution is 5.20. The van der Waals surface area contributed by atoms with Crippen molar-refractivity contribution in [3.05, 3.63) is 30.3 Å². The molecule has 0 aliphatic heterocycles. The second kappa shape index (κ2) is 5.61. The minimum Gasteiger partial charge on any atom is -0.494 e. The first-order valence-electron chi connectivity index (χ1n) is 4.65. The number of ether oxygens (including phenoxy) is 1. The molecule has 12 heavy (non-hydrogen) atoms. The Morgan fingerprint density at radius 3 is 2.67 bits per heavy atom. The minimum absolute atomic E-state index is 0.119. The summed E-state index contributed by atoms with van der Waals surface area (Å²) in [4.78, 5) is 0. The Balaban J connectivity index is 2.32. The largest absolute Gasteiger partial charge is 0.494 e. The number of hydrogen-bond acceptors (Lipinski definition) is 2. The second-order valence-corrected chi connectivity index (χ2v) is 2.46. The second-order valence-electron chi connectivity index (χ2n) is 2.46. The molecule has 0 aromatic heterocycles. The highest BCUT2D eigenvalue weighted by Gasteiger charge is 1.90. The first kappa shape index (κ1) is 7.62. The predicted molar refractivity (Wildman–Crippen MR) is 48.3 cm³/mol. The highest BCUT2D eigenvalue weighted by Crippen LogP contribution is 2.08. The molecule has 0 amide bonds. The van der Waals surface area contributed by atoms with Crippen LogP contribution in [0.3, 0.4) is 0 Å². The van der Waals surface area contributed by atoms with E-state index in [0.717, 1.165) is 0 Å². The van der Waals surface area contributed by atoms with Crippen molar-refractivity contribution in [1.82, 2.24) is 0 Å². The summed E-state index contributed by atoms with van der Waals surface area (Å²) in [6, 6.07) is 9.28. The van der Waals surface area contributed by atoms with Gasteiger partial charge in [0.25, 0.3) is 0 Å². The summed E-state index contributed by atoms with van der Waals surface area (Å²) in [6.07, 6.45) is 1.17. The normalized spacial score (nSPS) is 13.6. The zero-order chi connectivity index (χ0) is 9.52.